The van der Waals surface area contributed by atoms with Gasteiger partial charge in [-0.25, -0.2) is 10.4 Å². The van der Waals surface area contributed by atoms with Crippen LogP contribution in [0.25, 0.3) is 0 Å². The number of hydrogen-bond donors (Lipinski definition) is 4. The zero-order valence-corrected chi connectivity index (χ0v) is 13.9. The third-order valence-electron chi connectivity index (χ3n) is 3.37. The number of guanidine groups is 1. The molecule has 9 heteroatoms. The molecule has 1 amide bonds. The fourth-order valence-corrected chi connectivity index (χ4v) is 1.89. The van der Waals surface area contributed by atoms with Crippen LogP contribution < -0.4 is 20.8 Å². The van der Waals surface area contributed by atoms with E-state index in [0.29, 0.717) is 17.3 Å². The second-order valence-electron chi connectivity index (χ2n) is 5.37. The zero-order chi connectivity index (χ0) is 18.1. The molecule has 134 valence electrons. The van der Waals surface area contributed by atoms with Gasteiger partial charge in [0.2, 0.25) is 5.96 Å². The monoisotopic (exact) mass is 347 g/mol. The van der Waals surface area contributed by atoms with Crippen LogP contribution in [-0.4, -0.2) is 55.4 Å². The molecule has 25 heavy (non-hydrogen) atoms. The van der Waals surface area contributed by atoms with Crippen molar-refractivity contribution in [2.75, 3.05) is 26.2 Å². The second kappa shape index (κ2) is 9.26. The number of aliphatic imine (C=N–C) groups is 1. The molecule has 1 aliphatic heterocycles. The molecular formula is C16H21N5O4. The van der Waals surface area contributed by atoms with E-state index in [-0.39, 0.29) is 19.1 Å². The Balaban J connectivity index is 1.72. The molecule has 0 unspecified atom stereocenters. The summed E-state index contributed by atoms with van der Waals surface area (Å²) in [5.74, 6) is -0.668. The van der Waals surface area contributed by atoms with Crippen LogP contribution in [0.5, 0.6) is 5.75 Å². The molecule has 0 fully saturated rings. The van der Waals surface area contributed by atoms with E-state index >= 15 is 0 Å². The van der Waals surface area contributed by atoms with Gasteiger partial charge in [0.05, 0.1) is 18.7 Å². The maximum atomic E-state index is 11.9. The molecule has 1 aromatic rings. The minimum absolute atomic E-state index is 0.0794. The summed E-state index contributed by atoms with van der Waals surface area (Å²) in [5, 5.41) is 18.4. The highest BCUT2D eigenvalue weighted by Gasteiger charge is 2.13. The van der Waals surface area contributed by atoms with E-state index in [2.05, 4.69) is 26.2 Å². The predicted octanol–water partition coefficient (Wildman–Crippen LogP) is 0.0505. The first-order valence-corrected chi connectivity index (χ1v) is 7.86. The van der Waals surface area contributed by atoms with E-state index in [0.717, 1.165) is 13.1 Å². The molecule has 0 bridgehead atoms. The molecule has 9 nitrogen and oxygen atoms in total. The van der Waals surface area contributed by atoms with Gasteiger partial charge in [0.1, 0.15) is 12.4 Å². The van der Waals surface area contributed by atoms with Gasteiger partial charge in [-0.1, -0.05) is 6.92 Å². The summed E-state index contributed by atoms with van der Waals surface area (Å²) in [7, 11) is 0. The number of carboxylic acid groups (broad SMARTS) is 1. The van der Waals surface area contributed by atoms with Crippen molar-refractivity contribution in [1.82, 2.24) is 16.1 Å². The number of amides is 1. The van der Waals surface area contributed by atoms with Crippen LogP contribution in [0.15, 0.2) is 34.4 Å². The Bertz CT molecular complexity index is 657. The van der Waals surface area contributed by atoms with Crippen molar-refractivity contribution < 1.29 is 19.4 Å². The summed E-state index contributed by atoms with van der Waals surface area (Å²) < 4.78 is 5.48. The number of benzene rings is 1. The van der Waals surface area contributed by atoms with E-state index in [1.165, 1.54) is 6.92 Å². The van der Waals surface area contributed by atoms with Gasteiger partial charge in [-0.15, -0.1) is 0 Å². The molecule has 0 spiro atoms. The SMILES string of the molecule is C[C@@H](CNC(=O)c1ccc(OC/C=N/NC2=NCCN2)cc1)C(=O)O. The van der Waals surface area contributed by atoms with Gasteiger partial charge in [-0.2, -0.15) is 5.10 Å². The van der Waals surface area contributed by atoms with E-state index in [9.17, 15) is 9.59 Å². The summed E-state index contributed by atoms with van der Waals surface area (Å²) in [4.78, 5) is 26.8. The molecular weight excluding hydrogens is 326 g/mol. The lowest BCUT2D eigenvalue weighted by molar-refractivity contribution is -0.140. The molecule has 1 aromatic carbocycles. The van der Waals surface area contributed by atoms with Gasteiger partial charge in [-0.05, 0) is 24.3 Å². The van der Waals surface area contributed by atoms with Crippen LogP contribution in [0.2, 0.25) is 0 Å². The number of nitrogens with zero attached hydrogens (tertiary/aromatic N) is 2. The van der Waals surface area contributed by atoms with Gasteiger partial charge in [0.15, 0.2) is 0 Å². The minimum atomic E-state index is -0.948. The Morgan fingerprint density at radius 1 is 1.44 bits per heavy atom. The second-order valence-corrected chi connectivity index (χ2v) is 5.37. The number of aliphatic carboxylic acids is 1. The summed E-state index contributed by atoms with van der Waals surface area (Å²) >= 11 is 0. The first kappa shape index (κ1) is 18.2. The average Bonchev–Trinajstić information content (AvgIpc) is 3.13. The number of nitrogens with one attached hydrogen (secondary N) is 3. The lowest BCUT2D eigenvalue weighted by Gasteiger charge is -2.09. The summed E-state index contributed by atoms with van der Waals surface area (Å²) in [6, 6.07) is 6.56. The Kier molecular flexibility index (Phi) is 6.76. The fourth-order valence-electron chi connectivity index (χ4n) is 1.89. The third-order valence-corrected chi connectivity index (χ3v) is 3.37. The highest BCUT2D eigenvalue weighted by molar-refractivity contribution is 5.94. The van der Waals surface area contributed by atoms with Gasteiger partial charge < -0.3 is 20.5 Å². The number of hydrogen-bond acceptors (Lipinski definition) is 7. The van der Waals surface area contributed by atoms with Crippen LogP contribution in [0.4, 0.5) is 0 Å². The number of rotatable bonds is 8. The Labute approximate surface area is 145 Å². The molecule has 2 rings (SSSR count). The van der Waals surface area contributed by atoms with Gasteiger partial charge in [-0.3, -0.25) is 9.59 Å². The molecule has 1 atom stereocenters. The molecule has 1 aliphatic rings. The molecule has 0 aliphatic carbocycles. The van der Waals surface area contributed by atoms with Crippen molar-refractivity contribution >= 4 is 24.1 Å². The number of carbonyl (C=O) groups excluding carboxylic acids is 1. The van der Waals surface area contributed by atoms with Crippen molar-refractivity contribution in [3.63, 3.8) is 0 Å². The Morgan fingerprint density at radius 3 is 2.84 bits per heavy atom. The van der Waals surface area contributed by atoms with Crippen LogP contribution in [0.1, 0.15) is 17.3 Å². The highest BCUT2D eigenvalue weighted by atomic mass is 16.5. The van der Waals surface area contributed by atoms with Crippen LogP contribution >= 0.6 is 0 Å². The smallest absolute Gasteiger partial charge is 0.308 e. The van der Waals surface area contributed by atoms with Gasteiger partial charge >= 0.3 is 5.97 Å². The maximum absolute atomic E-state index is 11.9. The standard InChI is InChI=1S/C16H21N5O4/c1-11(15(23)24)10-19-14(22)12-2-4-13(5-3-12)25-9-8-20-21-16-17-6-7-18-16/h2-5,8,11H,6-7,9-10H2,1H3,(H,19,22)(H,23,24)(H2,17,18,21)/b20-8+/t11-/m0/s1. The average molecular weight is 347 g/mol. The number of carbonyl (C=O) groups is 2. The molecule has 0 radical (unpaired) electrons. The van der Waals surface area contributed by atoms with E-state index in [1.807, 2.05) is 0 Å². The van der Waals surface area contributed by atoms with Crippen LogP contribution in [0, 0.1) is 5.92 Å². The minimum Gasteiger partial charge on any atom is -0.488 e. The molecule has 1 heterocycles. The van der Waals surface area contributed by atoms with Gasteiger partial charge in [0, 0.05) is 18.7 Å². The van der Waals surface area contributed by atoms with E-state index < -0.39 is 11.9 Å². The predicted molar refractivity (Wildman–Crippen MR) is 93.0 cm³/mol. The fraction of sp³-hybridized carbons (Fsp3) is 0.375. The van der Waals surface area contributed by atoms with Crippen molar-refractivity contribution in [1.29, 1.82) is 0 Å². The molecule has 0 saturated carbocycles. The summed E-state index contributed by atoms with van der Waals surface area (Å²) in [6.07, 6.45) is 1.57. The number of ether oxygens (including phenoxy) is 1. The third kappa shape index (κ3) is 6.13. The molecule has 0 aromatic heterocycles. The molecule has 4 N–H and O–H groups in total. The number of carboxylic acids is 1. The van der Waals surface area contributed by atoms with Crippen LogP contribution in [0.3, 0.4) is 0 Å². The van der Waals surface area contributed by atoms with Crippen LogP contribution in [-0.2, 0) is 4.79 Å². The summed E-state index contributed by atoms with van der Waals surface area (Å²) in [5.41, 5.74) is 3.19. The largest absolute Gasteiger partial charge is 0.488 e. The van der Waals surface area contributed by atoms with Crippen molar-refractivity contribution in [3.05, 3.63) is 29.8 Å². The van der Waals surface area contributed by atoms with Gasteiger partial charge in [0.25, 0.3) is 5.91 Å². The zero-order valence-electron chi connectivity index (χ0n) is 13.9. The first-order chi connectivity index (χ1) is 12.1. The lowest BCUT2D eigenvalue weighted by Crippen LogP contribution is -2.31. The van der Waals surface area contributed by atoms with E-state index in [4.69, 9.17) is 9.84 Å². The maximum Gasteiger partial charge on any atom is 0.308 e. The number of hydrazone groups is 1. The summed E-state index contributed by atoms with van der Waals surface area (Å²) in [6.45, 7) is 3.43. The quantitative estimate of drug-likeness (QED) is 0.389. The molecule has 0 saturated heterocycles. The van der Waals surface area contributed by atoms with Crippen molar-refractivity contribution in [2.24, 2.45) is 16.0 Å². The first-order valence-electron chi connectivity index (χ1n) is 7.86. The Morgan fingerprint density at radius 2 is 2.20 bits per heavy atom. The van der Waals surface area contributed by atoms with Crippen molar-refractivity contribution in [2.45, 2.75) is 6.92 Å². The van der Waals surface area contributed by atoms with Crippen molar-refractivity contribution in [3.8, 4) is 5.75 Å². The topological polar surface area (TPSA) is 124 Å². The lowest BCUT2D eigenvalue weighted by atomic mass is 10.1. The normalized spacial score (nSPS) is 14.5. The Hall–Kier alpha value is -3.10. The van der Waals surface area contributed by atoms with E-state index in [1.54, 1.807) is 30.5 Å². The highest BCUT2D eigenvalue weighted by Crippen LogP contribution is 2.12.